The molecule has 0 aliphatic heterocycles. The molecular weight excluding hydrogens is 316 g/mol. The van der Waals surface area contributed by atoms with Crippen LogP contribution in [-0.2, 0) is 4.79 Å². The van der Waals surface area contributed by atoms with Gasteiger partial charge in [-0.05, 0) is 6.42 Å². The lowest BCUT2D eigenvalue weighted by atomic mass is 10.3. The Labute approximate surface area is 80.0 Å². The predicted octanol–water partition coefficient (Wildman–Crippen LogP) is 3.19. The van der Waals surface area contributed by atoms with Crippen molar-refractivity contribution in [3.8, 4) is 0 Å². The maximum atomic E-state index is 10.9. The van der Waals surface area contributed by atoms with E-state index in [9.17, 15) is 4.79 Å². The molecule has 0 rings (SSSR count). The van der Waals surface area contributed by atoms with Crippen LogP contribution in [0.2, 0.25) is 0 Å². The standard InChI is InChI=1S/C5H7Br3O/c1-2-3-4(9)5(6,7)8/h2-3H2,1H3. The molecule has 4 heteroatoms. The Morgan fingerprint density at radius 2 is 1.89 bits per heavy atom. The van der Waals surface area contributed by atoms with Crippen LogP contribution >= 0.6 is 47.8 Å². The fourth-order valence-electron chi connectivity index (χ4n) is 0.369. The van der Waals surface area contributed by atoms with Crippen molar-refractivity contribution in [3.63, 3.8) is 0 Å². The van der Waals surface area contributed by atoms with Crippen LogP contribution in [0.4, 0.5) is 0 Å². The Bertz CT molecular complexity index is 105. The van der Waals surface area contributed by atoms with Crippen molar-refractivity contribution in [2.45, 2.75) is 21.9 Å². The van der Waals surface area contributed by atoms with Crippen molar-refractivity contribution in [1.82, 2.24) is 0 Å². The first-order valence-electron chi connectivity index (χ1n) is 2.58. The summed E-state index contributed by atoms with van der Waals surface area (Å²) in [7, 11) is 0. The van der Waals surface area contributed by atoms with Gasteiger partial charge in [0, 0.05) is 6.42 Å². The molecule has 0 radical (unpaired) electrons. The minimum Gasteiger partial charge on any atom is -0.296 e. The molecule has 0 heterocycles. The van der Waals surface area contributed by atoms with Crippen molar-refractivity contribution < 1.29 is 4.79 Å². The molecule has 0 aromatic carbocycles. The summed E-state index contributed by atoms with van der Waals surface area (Å²) < 4.78 is -0.691. The van der Waals surface area contributed by atoms with Gasteiger partial charge in [0.1, 0.15) is 0 Å². The van der Waals surface area contributed by atoms with Crippen molar-refractivity contribution >= 4 is 53.6 Å². The fraction of sp³-hybridized carbons (Fsp3) is 0.800. The van der Waals surface area contributed by atoms with Gasteiger partial charge in [0.2, 0.25) is 0 Å². The van der Waals surface area contributed by atoms with E-state index in [0.29, 0.717) is 6.42 Å². The van der Waals surface area contributed by atoms with Crippen LogP contribution in [0.15, 0.2) is 0 Å². The highest BCUT2D eigenvalue weighted by Gasteiger charge is 2.26. The highest BCUT2D eigenvalue weighted by Crippen LogP contribution is 2.35. The summed E-state index contributed by atoms with van der Waals surface area (Å²) in [4.78, 5) is 10.9. The SMILES string of the molecule is CCCC(=O)C(Br)(Br)Br. The molecule has 0 atom stereocenters. The van der Waals surface area contributed by atoms with E-state index < -0.39 is 2.14 Å². The zero-order valence-corrected chi connectivity index (χ0v) is 9.71. The number of alkyl halides is 3. The molecule has 54 valence electrons. The van der Waals surface area contributed by atoms with Crippen LogP contribution in [-0.4, -0.2) is 7.93 Å². The summed E-state index contributed by atoms with van der Waals surface area (Å²) in [6.07, 6.45) is 1.46. The van der Waals surface area contributed by atoms with Gasteiger partial charge in [0.05, 0.1) is 0 Å². The van der Waals surface area contributed by atoms with E-state index in [1.807, 2.05) is 6.92 Å². The lowest BCUT2D eigenvalue weighted by Crippen LogP contribution is -2.15. The van der Waals surface area contributed by atoms with Gasteiger partial charge < -0.3 is 0 Å². The van der Waals surface area contributed by atoms with Crippen LogP contribution < -0.4 is 0 Å². The van der Waals surface area contributed by atoms with Crippen molar-refractivity contribution in [2.75, 3.05) is 0 Å². The molecule has 0 N–H and O–H groups in total. The fourth-order valence-corrected chi connectivity index (χ4v) is 0.964. The Balaban J connectivity index is 3.74. The van der Waals surface area contributed by atoms with Gasteiger partial charge in [-0.15, -0.1) is 0 Å². The number of rotatable bonds is 2. The number of carbonyl (C=O) groups excluding carboxylic acids is 1. The lowest BCUT2D eigenvalue weighted by molar-refractivity contribution is -0.117. The van der Waals surface area contributed by atoms with E-state index in [-0.39, 0.29) is 5.78 Å². The molecule has 0 saturated carbocycles. The maximum Gasteiger partial charge on any atom is 0.192 e. The molecule has 0 aromatic rings. The molecule has 0 aliphatic rings. The second-order valence-corrected chi connectivity index (χ2v) is 8.43. The van der Waals surface area contributed by atoms with Gasteiger partial charge in [-0.3, -0.25) is 4.79 Å². The Morgan fingerprint density at radius 1 is 1.44 bits per heavy atom. The number of carbonyl (C=O) groups is 1. The lowest BCUT2D eigenvalue weighted by Gasteiger charge is -2.08. The average molecular weight is 323 g/mol. The highest BCUT2D eigenvalue weighted by atomic mass is 80.0. The number of hydrogen-bond acceptors (Lipinski definition) is 1. The third kappa shape index (κ3) is 4.51. The smallest absolute Gasteiger partial charge is 0.192 e. The first kappa shape index (κ1) is 10.1. The van der Waals surface area contributed by atoms with Crippen LogP contribution in [0.5, 0.6) is 0 Å². The topological polar surface area (TPSA) is 17.1 Å². The molecular formula is C5H7Br3O. The Morgan fingerprint density at radius 3 is 2.00 bits per heavy atom. The molecule has 0 fully saturated rings. The highest BCUT2D eigenvalue weighted by molar-refractivity contribution is 9.40. The zero-order chi connectivity index (χ0) is 7.49. The zero-order valence-electron chi connectivity index (χ0n) is 4.96. The van der Waals surface area contributed by atoms with E-state index in [2.05, 4.69) is 47.8 Å². The number of ketones is 1. The number of Topliss-reactive ketones (excluding diaryl/α,β-unsaturated/α-hetero) is 1. The van der Waals surface area contributed by atoms with E-state index in [0.717, 1.165) is 6.42 Å². The van der Waals surface area contributed by atoms with Crippen molar-refractivity contribution in [3.05, 3.63) is 0 Å². The van der Waals surface area contributed by atoms with Gasteiger partial charge in [-0.2, -0.15) is 0 Å². The van der Waals surface area contributed by atoms with Crippen LogP contribution in [0, 0.1) is 0 Å². The first-order valence-corrected chi connectivity index (χ1v) is 4.96. The summed E-state index contributed by atoms with van der Waals surface area (Å²) in [5, 5.41) is 0. The quantitative estimate of drug-likeness (QED) is 0.714. The monoisotopic (exact) mass is 320 g/mol. The Hall–Kier alpha value is 1.11. The summed E-state index contributed by atoms with van der Waals surface area (Å²) in [5.41, 5.74) is 0. The molecule has 0 spiro atoms. The molecule has 0 bridgehead atoms. The molecule has 0 aromatic heterocycles. The van der Waals surface area contributed by atoms with E-state index >= 15 is 0 Å². The van der Waals surface area contributed by atoms with Crippen LogP contribution in [0.1, 0.15) is 19.8 Å². The van der Waals surface area contributed by atoms with Gasteiger partial charge in [0.25, 0.3) is 0 Å². The molecule has 1 nitrogen and oxygen atoms in total. The minimum atomic E-state index is -0.691. The third-order valence-electron chi connectivity index (χ3n) is 0.793. The van der Waals surface area contributed by atoms with Gasteiger partial charge in [0.15, 0.2) is 7.93 Å². The summed E-state index contributed by atoms with van der Waals surface area (Å²) >= 11 is 9.39. The second kappa shape index (κ2) is 4.09. The first-order chi connectivity index (χ1) is 3.98. The van der Waals surface area contributed by atoms with Crippen LogP contribution in [0.3, 0.4) is 0 Å². The van der Waals surface area contributed by atoms with Gasteiger partial charge in [-0.25, -0.2) is 0 Å². The number of hydrogen-bond donors (Lipinski definition) is 0. The van der Waals surface area contributed by atoms with E-state index in [1.165, 1.54) is 0 Å². The van der Waals surface area contributed by atoms with Gasteiger partial charge in [-0.1, -0.05) is 54.7 Å². The second-order valence-electron chi connectivity index (χ2n) is 1.67. The molecule has 0 unspecified atom stereocenters. The van der Waals surface area contributed by atoms with Crippen molar-refractivity contribution in [1.29, 1.82) is 0 Å². The maximum absolute atomic E-state index is 10.9. The minimum absolute atomic E-state index is 0.116. The Kier molecular flexibility index (Phi) is 4.59. The summed E-state index contributed by atoms with van der Waals surface area (Å²) in [6.45, 7) is 1.97. The summed E-state index contributed by atoms with van der Waals surface area (Å²) in [5.74, 6) is 0.116. The van der Waals surface area contributed by atoms with Crippen LogP contribution in [0.25, 0.3) is 0 Å². The average Bonchev–Trinajstić information content (AvgIpc) is 1.64. The van der Waals surface area contributed by atoms with Gasteiger partial charge >= 0.3 is 0 Å². The van der Waals surface area contributed by atoms with Crippen molar-refractivity contribution in [2.24, 2.45) is 0 Å². The molecule has 0 saturated heterocycles. The normalized spacial score (nSPS) is 11.6. The summed E-state index contributed by atoms with van der Waals surface area (Å²) in [6, 6.07) is 0. The number of halogens is 3. The third-order valence-corrected chi connectivity index (χ3v) is 2.12. The van der Waals surface area contributed by atoms with E-state index in [1.54, 1.807) is 0 Å². The molecule has 9 heavy (non-hydrogen) atoms. The molecule has 0 aliphatic carbocycles. The predicted molar refractivity (Wildman–Crippen MR) is 49.4 cm³/mol. The largest absolute Gasteiger partial charge is 0.296 e. The molecule has 0 amide bonds. The van der Waals surface area contributed by atoms with E-state index in [4.69, 9.17) is 0 Å².